The summed E-state index contributed by atoms with van der Waals surface area (Å²) in [5, 5.41) is 2.84. The van der Waals surface area contributed by atoms with Gasteiger partial charge in [0.1, 0.15) is 0 Å². The molecule has 72 valence electrons. The molecule has 0 aromatic rings. The van der Waals surface area contributed by atoms with Crippen molar-refractivity contribution in [2.75, 3.05) is 27.2 Å². The molecule has 12 heavy (non-hydrogen) atoms. The predicted octanol–water partition coefficient (Wildman–Crippen LogP) is -0.370. The molecule has 0 radical (unpaired) electrons. The average molecular weight is 192 g/mol. The van der Waals surface area contributed by atoms with Crippen molar-refractivity contribution in [2.45, 2.75) is 18.1 Å². The molecular formula is C7H16N2O2S. The van der Waals surface area contributed by atoms with Crippen molar-refractivity contribution in [2.24, 2.45) is 0 Å². The summed E-state index contributed by atoms with van der Waals surface area (Å²) in [5.41, 5.74) is 0. The van der Waals surface area contributed by atoms with Crippen LogP contribution in [0.3, 0.4) is 0 Å². The molecule has 0 aromatic heterocycles. The quantitative estimate of drug-likeness (QED) is 0.646. The molecule has 0 atom stereocenters. The third kappa shape index (κ3) is 2.18. The second-order valence-electron chi connectivity index (χ2n) is 3.17. The third-order valence-corrected chi connectivity index (χ3v) is 4.42. The van der Waals surface area contributed by atoms with E-state index in [0.717, 1.165) is 12.8 Å². The Morgan fingerprint density at radius 2 is 2.08 bits per heavy atom. The highest BCUT2D eigenvalue weighted by atomic mass is 32.2. The highest BCUT2D eigenvalue weighted by Crippen LogP contribution is 2.29. The van der Waals surface area contributed by atoms with Crippen molar-refractivity contribution in [3.63, 3.8) is 0 Å². The van der Waals surface area contributed by atoms with Crippen LogP contribution in [0.4, 0.5) is 0 Å². The molecule has 0 aliphatic heterocycles. The molecule has 1 fully saturated rings. The zero-order valence-electron chi connectivity index (χ0n) is 7.58. The van der Waals surface area contributed by atoms with E-state index in [9.17, 15) is 8.42 Å². The molecule has 0 amide bonds. The summed E-state index contributed by atoms with van der Waals surface area (Å²) in [7, 11) is 0.516. The molecule has 5 heteroatoms. The zero-order chi connectivity index (χ0) is 9.19. The van der Waals surface area contributed by atoms with Gasteiger partial charge < -0.3 is 5.32 Å². The topological polar surface area (TPSA) is 49.4 Å². The number of sulfonamides is 1. The largest absolute Gasteiger partial charge is 0.318 e. The van der Waals surface area contributed by atoms with Gasteiger partial charge >= 0.3 is 0 Å². The maximum Gasteiger partial charge on any atom is 0.216 e. The minimum Gasteiger partial charge on any atom is -0.318 e. The van der Waals surface area contributed by atoms with Gasteiger partial charge in [-0.1, -0.05) is 0 Å². The lowest BCUT2D eigenvalue weighted by atomic mass is 10.6. The maximum atomic E-state index is 11.5. The van der Waals surface area contributed by atoms with Crippen LogP contribution in [0.25, 0.3) is 0 Å². The minimum atomic E-state index is -2.94. The average Bonchev–Trinajstić information content (AvgIpc) is 2.81. The van der Waals surface area contributed by atoms with Gasteiger partial charge in [0.05, 0.1) is 5.25 Å². The molecule has 0 aromatic carbocycles. The smallest absolute Gasteiger partial charge is 0.216 e. The van der Waals surface area contributed by atoms with Crippen molar-refractivity contribution < 1.29 is 8.42 Å². The molecule has 1 rings (SSSR count). The fraction of sp³-hybridized carbons (Fsp3) is 1.00. The number of hydrogen-bond acceptors (Lipinski definition) is 3. The van der Waals surface area contributed by atoms with Crippen molar-refractivity contribution in [3.05, 3.63) is 0 Å². The maximum absolute atomic E-state index is 11.5. The predicted molar refractivity (Wildman–Crippen MR) is 48.5 cm³/mol. The molecule has 0 saturated heterocycles. The first-order valence-corrected chi connectivity index (χ1v) is 5.69. The second kappa shape index (κ2) is 3.72. The molecule has 4 nitrogen and oxygen atoms in total. The van der Waals surface area contributed by atoms with E-state index in [4.69, 9.17) is 0 Å². The number of nitrogens with one attached hydrogen (secondary N) is 1. The van der Waals surface area contributed by atoms with Crippen LogP contribution in [-0.2, 0) is 10.0 Å². The summed E-state index contributed by atoms with van der Waals surface area (Å²) in [5.74, 6) is 0. The SMILES string of the molecule is CNCCN(C)S(=O)(=O)C1CC1. The first-order chi connectivity index (χ1) is 5.59. The van der Waals surface area contributed by atoms with Crippen molar-refractivity contribution in [1.82, 2.24) is 9.62 Å². The van der Waals surface area contributed by atoms with Crippen LogP contribution >= 0.6 is 0 Å². The van der Waals surface area contributed by atoms with Gasteiger partial charge in [0.15, 0.2) is 0 Å². The lowest BCUT2D eigenvalue weighted by molar-refractivity contribution is 0.465. The van der Waals surface area contributed by atoms with Gasteiger partial charge in [0, 0.05) is 20.1 Å². The highest BCUT2D eigenvalue weighted by molar-refractivity contribution is 7.90. The Hall–Kier alpha value is -0.130. The van der Waals surface area contributed by atoms with E-state index in [0.29, 0.717) is 13.1 Å². The summed E-state index contributed by atoms with van der Waals surface area (Å²) in [6, 6.07) is 0. The summed E-state index contributed by atoms with van der Waals surface area (Å²) >= 11 is 0. The Balaban J connectivity index is 2.44. The van der Waals surface area contributed by atoms with Gasteiger partial charge in [-0.05, 0) is 19.9 Å². The summed E-state index contributed by atoms with van der Waals surface area (Å²) in [6.45, 7) is 1.28. The molecule has 1 saturated carbocycles. The molecule has 0 bridgehead atoms. The van der Waals surface area contributed by atoms with Gasteiger partial charge in [-0.2, -0.15) is 0 Å². The second-order valence-corrected chi connectivity index (χ2v) is 5.49. The van der Waals surface area contributed by atoms with E-state index < -0.39 is 10.0 Å². The molecule has 1 aliphatic rings. The standard InChI is InChI=1S/C7H16N2O2S/c1-8-5-6-9(2)12(10,11)7-3-4-7/h7-8H,3-6H2,1-2H3. The molecular weight excluding hydrogens is 176 g/mol. The van der Waals surface area contributed by atoms with Crippen LogP contribution in [0.5, 0.6) is 0 Å². The van der Waals surface area contributed by atoms with Crippen LogP contribution in [0.15, 0.2) is 0 Å². The Bertz CT molecular complexity index is 234. The van der Waals surface area contributed by atoms with Crippen molar-refractivity contribution >= 4 is 10.0 Å². The van der Waals surface area contributed by atoms with Gasteiger partial charge in [-0.15, -0.1) is 0 Å². The highest BCUT2D eigenvalue weighted by Gasteiger charge is 2.38. The van der Waals surface area contributed by atoms with E-state index in [2.05, 4.69) is 5.32 Å². The van der Waals surface area contributed by atoms with Gasteiger partial charge in [0.25, 0.3) is 0 Å². The van der Waals surface area contributed by atoms with Crippen LogP contribution < -0.4 is 5.32 Å². The summed E-state index contributed by atoms with van der Waals surface area (Å²) in [4.78, 5) is 0. The number of likely N-dealkylation sites (N-methyl/N-ethyl adjacent to an activating group) is 2. The van der Waals surface area contributed by atoms with E-state index in [1.165, 1.54) is 4.31 Å². The zero-order valence-corrected chi connectivity index (χ0v) is 8.39. The Kier molecular flexibility index (Phi) is 3.09. The number of hydrogen-bond donors (Lipinski definition) is 1. The Morgan fingerprint density at radius 3 is 2.50 bits per heavy atom. The van der Waals surface area contributed by atoms with Gasteiger partial charge in [-0.3, -0.25) is 0 Å². The van der Waals surface area contributed by atoms with Crippen LogP contribution in [0, 0.1) is 0 Å². The lowest BCUT2D eigenvalue weighted by Crippen LogP contribution is -2.34. The first kappa shape index (κ1) is 9.95. The van der Waals surface area contributed by atoms with E-state index in [1.807, 2.05) is 7.05 Å². The Labute approximate surface area is 74.0 Å². The van der Waals surface area contributed by atoms with Crippen LogP contribution in [0.2, 0.25) is 0 Å². The summed E-state index contributed by atoms with van der Waals surface area (Å²) < 4.78 is 24.4. The number of rotatable bonds is 5. The van der Waals surface area contributed by atoms with E-state index in [1.54, 1.807) is 7.05 Å². The van der Waals surface area contributed by atoms with Gasteiger partial charge in [0.2, 0.25) is 10.0 Å². The lowest BCUT2D eigenvalue weighted by Gasteiger charge is -2.15. The fourth-order valence-corrected chi connectivity index (χ4v) is 2.60. The minimum absolute atomic E-state index is 0.0839. The van der Waals surface area contributed by atoms with E-state index in [-0.39, 0.29) is 5.25 Å². The number of nitrogens with zero attached hydrogens (tertiary/aromatic N) is 1. The van der Waals surface area contributed by atoms with Crippen molar-refractivity contribution in [1.29, 1.82) is 0 Å². The third-order valence-electron chi connectivity index (χ3n) is 2.06. The normalized spacial score (nSPS) is 18.6. The van der Waals surface area contributed by atoms with Crippen LogP contribution in [-0.4, -0.2) is 45.2 Å². The molecule has 0 unspecified atom stereocenters. The summed E-state index contributed by atoms with van der Waals surface area (Å²) in [6.07, 6.45) is 1.68. The van der Waals surface area contributed by atoms with Gasteiger partial charge in [-0.25, -0.2) is 12.7 Å². The molecule has 0 heterocycles. The molecule has 0 spiro atoms. The Morgan fingerprint density at radius 1 is 1.50 bits per heavy atom. The van der Waals surface area contributed by atoms with Crippen LogP contribution in [0.1, 0.15) is 12.8 Å². The monoisotopic (exact) mass is 192 g/mol. The fourth-order valence-electron chi connectivity index (χ4n) is 1.02. The van der Waals surface area contributed by atoms with Crippen molar-refractivity contribution in [3.8, 4) is 0 Å². The molecule has 1 N–H and O–H groups in total. The molecule has 1 aliphatic carbocycles. The first-order valence-electron chi connectivity index (χ1n) is 4.19. The van der Waals surface area contributed by atoms with E-state index >= 15 is 0 Å².